The molecule has 1 aromatic carbocycles. The Labute approximate surface area is 204 Å². The molecule has 3 heterocycles. The number of anilines is 1. The van der Waals surface area contributed by atoms with Crippen LogP contribution in [0.25, 0.3) is 0 Å². The maximum absolute atomic E-state index is 12.5. The highest BCUT2D eigenvalue weighted by Crippen LogP contribution is 2.25. The van der Waals surface area contributed by atoms with Gasteiger partial charge in [0.05, 0.1) is 35.0 Å². The van der Waals surface area contributed by atoms with Crippen LogP contribution in [0.5, 0.6) is 0 Å². The number of thioether (sulfide) groups is 2. The van der Waals surface area contributed by atoms with E-state index in [0.29, 0.717) is 33.3 Å². The first kappa shape index (κ1) is 23.3. The molecule has 8 nitrogen and oxygen atoms in total. The van der Waals surface area contributed by atoms with Crippen molar-refractivity contribution in [1.82, 2.24) is 24.7 Å². The topological polar surface area (TPSA) is 98.7 Å². The molecule has 0 aliphatic rings. The van der Waals surface area contributed by atoms with E-state index in [1.165, 1.54) is 23.5 Å². The molecule has 33 heavy (non-hydrogen) atoms. The Balaban J connectivity index is 1.47. The van der Waals surface area contributed by atoms with Gasteiger partial charge in [0.15, 0.2) is 10.3 Å². The van der Waals surface area contributed by atoms with Crippen LogP contribution in [0, 0.1) is 13.8 Å². The third-order valence-electron chi connectivity index (χ3n) is 4.46. The first-order valence-corrected chi connectivity index (χ1v) is 12.4. The number of carbonyl (C=O) groups is 1. The number of benzene rings is 1. The van der Waals surface area contributed by atoms with Gasteiger partial charge in [0.1, 0.15) is 11.6 Å². The number of carbonyl (C=O) groups excluding carboxylic acids is 1. The summed E-state index contributed by atoms with van der Waals surface area (Å²) in [5.74, 6) is 2.03. The molecule has 4 rings (SSSR count). The Bertz CT molecular complexity index is 1230. The Hall–Kier alpha value is -2.82. The van der Waals surface area contributed by atoms with E-state index in [1.807, 2.05) is 48.7 Å². The van der Waals surface area contributed by atoms with Crippen LogP contribution in [0.15, 0.2) is 63.5 Å². The summed E-state index contributed by atoms with van der Waals surface area (Å²) in [6.45, 7) is 4.35. The molecule has 0 radical (unpaired) electrons. The van der Waals surface area contributed by atoms with Crippen molar-refractivity contribution in [2.75, 3.05) is 11.1 Å². The highest BCUT2D eigenvalue weighted by Gasteiger charge is 2.17. The Morgan fingerprint density at radius 2 is 1.88 bits per heavy atom. The number of nitrogens with one attached hydrogen (secondary N) is 1. The Kier molecular flexibility index (Phi) is 7.69. The van der Waals surface area contributed by atoms with Gasteiger partial charge in [-0.2, -0.15) is 0 Å². The van der Waals surface area contributed by atoms with E-state index in [2.05, 4.69) is 25.5 Å². The van der Waals surface area contributed by atoms with E-state index in [1.54, 1.807) is 18.4 Å². The number of hydrogen-bond donors (Lipinski definition) is 1. The van der Waals surface area contributed by atoms with Crippen LogP contribution in [0.1, 0.15) is 23.0 Å². The van der Waals surface area contributed by atoms with Gasteiger partial charge in [0.25, 0.3) is 0 Å². The van der Waals surface area contributed by atoms with E-state index in [0.717, 1.165) is 23.0 Å². The summed E-state index contributed by atoms with van der Waals surface area (Å²) < 4.78 is 7.46. The normalized spacial score (nSPS) is 11.0. The molecule has 0 unspecified atom stereocenters. The minimum atomic E-state index is -0.180. The fourth-order valence-corrected chi connectivity index (χ4v) is 4.84. The van der Waals surface area contributed by atoms with E-state index in [-0.39, 0.29) is 11.7 Å². The molecule has 0 aliphatic heterocycles. The number of rotatable bonds is 9. The summed E-state index contributed by atoms with van der Waals surface area (Å²) in [4.78, 5) is 21.4. The number of aromatic nitrogens is 5. The van der Waals surface area contributed by atoms with E-state index in [4.69, 9.17) is 16.0 Å². The van der Waals surface area contributed by atoms with Crippen LogP contribution in [0.3, 0.4) is 0 Å². The molecule has 0 atom stereocenters. The molecule has 170 valence electrons. The van der Waals surface area contributed by atoms with Crippen molar-refractivity contribution in [2.24, 2.45) is 0 Å². The van der Waals surface area contributed by atoms with Crippen molar-refractivity contribution in [3.8, 4) is 0 Å². The summed E-state index contributed by atoms with van der Waals surface area (Å²) in [6, 6.07) is 12.8. The molecule has 0 saturated carbocycles. The lowest BCUT2D eigenvalue weighted by molar-refractivity contribution is -0.113. The molecule has 11 heteroatoms. The summed E-state index contributed by atoms with van der Waals surface area (Å²) in [7, 11) is 0. The first-order valence-electron chi connectivity index (χ1n) is 10.0. The number of halogens is 1. The predicted octanol–water partition coefficient (Wildman–Crippen LogP) is 5.00. The van der Waals surface area contributed by atoms with Crippen LogP contribution >= 0.6 is 35.1 Å². The number of nitrogens with zero attached hydrogens (tertiary/aromatic N) is 5. The van der Waals surface area contributed by atoms with Gasteiger partial charge in [0, 0.05) is 11.4 Å². The maximum Gasteiger partial charge on any atom is 0.234 e. The monoisotopic (exact) mass is 500 g/mol. The van der Waals surface area contributed by atoms with Crippen molar-refractivity contribution in [3.05, 3.63) is 76.7 Å². The lowest BCUT2D eigenvalue weighted by Gasteiger charge is -2.09. The Morgan fingerprint density at radius 1 is 1.09 bits per heavy atom. The average molecular weight is 501 g/mol. The second kappa shape index (κ2) is 10.9. The molecule has 3 aromatic heterocycles. The zero-order valence-electron chi connectivity index (χ0n) is 18.0. The number of furan rings is 1. The number of para-hydroxylation sites is 1. The van der Waals surface area contributed by atoms with Gasteiger partial charge in [-0.05, 0) is 44.2 Å². The smallest absolute Gasteiger partial charge is 0.234 e. The number of aryl methyl sites for hydroxylation is 2. The molecule has 0 fully saturated rings. The quantitative estimate of drug-likeness (QED) is 0.253. The summed E-state index contributed by atoms with van der Waals surface area (Å²) >= 11 is 8.92. The standard InChI is InChI=1S/C22H21ClN6O2S2/c1-14-10-15(2)25-21(24-14)32-12-19-27-28-22(29(19)11-16-6-5-9-31-16)33-13-20(30)26-18-8-4-3-7-17(18)23/h3-10H,11-13H2,1-2H3,(H,26,30). The molecule has 1 amide bonds. The van der Waals surface area contributed by atoms with Crippen molar-refractivity contribution in [3.63, 3.8) is 0 Å². The third-order valence-corrected chi connectivity index (χ3v) is 6.60. The molecule has 0 saturated heterocycles. The molecular formula is C22H21ClN6O2S2. The zero-order chi connectivity index (χ0) is 23.2. The second-order valence-electron chi connectivity index (χ2n) is 7.10. The van der Waals surface area contributed by atoms with E-state index >= 15 is 0 Å². The van der Waals surface area contributed by atoms with Gasteiger partial charge < -0.3 is 9.73 Å². The van der Waals surface area contributed by atoms with Gasteiger partial charge in [-0.3, -0.25) is 9.36 Å². The fraction of sp³-hybridized carbons (Fsp3) is 0.227. The summed E-state index contributed by atoms with van der Waals surface area (Å²) in [6.07, 6.45) is 1.63. The van der Waals surface area contributed by atoms with Crippen LogP contribution in [-0.4, -0.2) is 36.4 Å². The maximum atomic E-state index is 12.5. The number of hydrogen-bond acceptors (Lipinski definition) is 8. The average Bonchev–Trinajstić information content (AvgIpc) is 3.42. The second-order valence-corrected chi connectivity index (χ2v) is 9.40. The Morgan fingerprint density at radius 3 is 2.61 bits per heavy atom. The van der Waals surface area contributed by atoms with Crippen molar-refractivity contribution in [2.45, 2.75) is 36.5 Å². The lowest BCUT2D eigenvalue weighted by atomic mass is 10.3. The fourth-order valence-electron chi connectivity index (χ4n) is 3.02. The molecule has 0 aliphatic carbocycles. The molecule has 4 aromatic rings. The zero-order valence-corrected chi connectivity index (χ0v) is 20.4. The molecule has 0 bridgehead atoms. The molecular weight excluding hydrogens is 480 g/mol. The summed E-state index contributed by atoms with van der Waals surface area (Å²) in [5, 5.41) is 13.3. The third kappa shape index (κ3) is 6.37. The van der Waals surface area contributed by atoms with Gasteiger partial charge >= 0.3 is 0 Å². The van der Waals surface area contributed by atoms with E-state index in [9.17, 15) is 4.79 Å². The summed E-state index contributed by atoms with van der Waals surface area (Å²) in [5.41, 5.74) is 2.41. The minimum Gasteiger partial charge on any atom is -0.467 e. The SMILES string of the molecule is Cc1cc(C)nc(SCc2nnc(SCC(=O)Nc3ccccc3Cl)n2Cc2ccco2)n1. The highest BCUT2D eigenvalue weighted by atomic mass is 35.5. The lowest BCUT2D eigenvalue weighted by Crippen LogP contribution is -2.15. The highest BCUT2D eigenvalue weighted by molar-refractivity contribution is 7.99. The largest absolute Gasteiger partial charge is 0.467 e. The van der Waals surface area contributed by atoms with Crippen LogP contribution in [0.4, 0.5) is 5.69 Å². The van der Waals surface area contributed by atoms with Crippen molar-refractivity contribution >= 4 is 46.7 Å². The first-order chi connectivity index (χ1) is 16.0. The van der Waals surface area contributed by atoms with E-state index < -0.39 is 0 Å². The molecule has 0 spiro atoms. The number of amides is 1. The van der Waals surface area contributed by atoms with Crippen molar-refractivity contribution in [1.29, 1.82) is 0 Å². The van der Waals surface area contributed by atoms with Gasteiger partial charge in [-0.15, -0.1) is 10.2 Å². The van der Waals surface area contributed by atoms with Gasteiger partial charge in [-0.1, -0.05) is 47.3 Å². The molecule has 1 N–H and O–H groups in total. The van der Waals surface area contributed by atoms with Gasteiger partial charge in [-0.25, -0.2) is 9.97 Å². The van der Waals surface area contributed by atoms with Crippen LogP contribution in [-0.2, 0) is 17.1 Å². The van der Waals surface area contributed by atoms with Crippen molar-refractivity contribution < 1.29 is 9.21 Å². The minimum absolute atomic E-state index is 0.162. The van der Waals surface area contributed by atoms with Crippen LogP contribution in [0.2, 0.25) is 5.02 Å². The van der Waals surface area contributed by atoms with Gasteiger partial charge in [0.2, 0.25) is 5.91 Å². The predicted molar refractivity (Wildman–Crippen MR) is 130 cm³/mol. The van der Waals surface area contributed by atoms with Crippen LogP contribution < -0.4 is 5.32 Å².